The van der Waals surface area contributed by atoms with Crippen LogP contribution >= 0.6 is 0 Å². The molecule has 2 heteroatoms. The quantitative estimate of drug-likeness (QED) is 0.634. The third-order valence-corrected chi connectivity index (χ3v) is 1.60. The molecule has 0 radical (unpaired) electrons. The topological polar surface area (TPSA) is 49.8 Å². The molecule has 0 spiro atoms. The summed E-state index contributed by atoms with van der Waals surface area (Å²) in [6.07, 6.45) is 1.34. The normalized spacial score (nSPS) is 10.8. The number of nitrogens with two attached hydrogens (primary N) is 1. The molecule has 0 saturated heterocycles. The summed E-state index contributed by atoms with van der Waals surface area (Å²) >= 11 is 0. The molecular weight excluding hydrogens is 148 g/mol. The molecule has 0 saturated carbocycles. The zero-order valence-corrected chi connectivity index (χ0v) is 6.91. The smallest absolute Gasteiger partial charge is 0.0933 e. The highest BCUT2D eigenvalue weighted by Gasteiger charge is 1.93. The molecule has 12 heavy (non-hydrogen) atoms. The minimum Gasteiger partial charge on any atom is -0.398 e. The lowest BCUT2D eigenvalue weighted by atomic mass is 10.1. The number of hydrogen-bond donors (Lipinski definition) is 1. The van der Waals surface area contributed by atoms with Crippen molar-refractivity contribution in [1.82, 2.24) is 0 Å². The van der Waals surface area contributed by atoms with Gasteiger partial charge in [0.2, 0.25) is 0 Å². The van der Waals surface area contributed by atoms with Gasteiger partial charge in [0.15, 0.2) is 0 Å². The summed E-state index contributed by atoms with van der Waals surface area (Å²) in [4.78, 5) is 0. The Labute approximate surface area is 71.9 Å². The first-order valence-electron chi connectivity index (χ1n) is 3.66. The van der Waals surface area contributed by atoms with Crippen molar-refractivity contribution in [3.05, 3.63) is 41.5 Å². The predicted molar refractivity (Wildman–Crippen MR) is 49.0 cm³/mol. The number of nitriles is 1. The van der Waals surface area contributed by atoms with Gasteiger partial charge in [-0.05, 0) is 12.5 Å². The molecule has 60 valence electrons. The van der Waals surface area contributed by atoms with E-state index in [1.165, 1.54) is 11.6 Å². The Kier molecular flexibility index (Phi) is 2.49. The van der Waals surface area contributed by atoms with Crippen molar-refractivity contribution in [2.45, 2.75) is 6.92 Å². The SMILES string of the molecule is Cc1ccc(C(N)=CC#N)cc1. The van der Waals surface area contributed by atoms with Gasteiger partial charge in [0.25, 0.3) is 0 Å². The van der Waals surface area contributed by atoms with Crippen LogP contribution in [-0.2, 0) is 0 Å². The van der Waals surface area contributed by atoms with Crippen LogP contribution in [0.3, 0.4) is 0 Å². The fourth-order valence-corrected chi connectivity index (χ4v) is 0.899. The molecule has 1 aromatic rings. The van der Waals surface area contributed by atoms with E-state index in [9.17, 15) is 0 Å². The van der Waals surface area contributed by atoms with Crippen molar-refractivity contribution < 1.29 is 0 Å². The first kappa shape index (κ1) is 8.35. The Morgan fingerprint density at radius 1 is 1.42 bits per heavy atom. The first-order chi connectivity index (χ1) is 5.74. The fourth-order valence-electron chi connectivity index (χ4n) is 0.899. The van der Waals surface area contributed by atoms with Crippen LogP contribution in [0.4, 0.5) is 0 Å². The average molecular weight is 158 g/mol. The van der Waals surface area contributed by atoms with Crippen molar-refractivity contribution in [3.63, 3.8) is 0 Å². The Bertz CT molecular complexity index is 328. The standard InChI is InChI=1S/C10H10N2/c1-8-2-4-9(5-3-8)10(12)6-7-11/h2-6H,12H2,1H3. The van der Waals surface area contributed by atoms with Crippen LogP contribution in [0.1, 0.15) is 11.1 Å². The van der Waals surface area contributed by atoms with Crippen molar-refractivity contribution in [3.8, 4) is 6.07 Å². The van der Waals surface area contributed by atoms with Crippen LogP contribution in [0, 0.1) is 18.3 Å². The van der Waals surface area contributed by atoms with Gasteiger partial charge in [0.05, 0.1) is 6.07 Å². The third-order valence-electron chi connectivity index (χ3n) is 1.60. The van der Waals surface area contributed by atoms with Crippen molar-refractivity contribution in [2.24, 2.45) is 5.73 Å². The fraction of sp³-hybridized carbons (Fsp3) is 0.100. The number of rotatable bonds is 1. The number of nitrogens with zero attached hydrogens (tertiary/aromatic N) is 1. The van der Waals surface area contributed by atoms with Crippen LogP contribution < -0.4 is 5.73 Å². The van der Waals surface area contributed by atoms with Gasteiger partial charge in [-0.2, -0.15) is 5.26 Å². The highest BCUT2D eigenvalue weighted by molar-refractivity contribution is 5.64. The van der Waals surface area contributed by atoms with Gasteiger partial charge in [-0.1, -0.05) is 29.8 Å². The highest BCUT2D eigenvalue weighted by atomic mass is 14.6. The van der Waals surface area contributed by atoms with E-state index in [1.54, 1.807) is 0 Å². The van der Waals surface area contributed by atoms with Crippen LogP contribution in [0.15, 0.2) is 30.3 Å². The maximum atomic E-state index is 8.35. The Balaban J connectivity index is 2.99. The van der Waals surface area contributed by atoms with E-state index < -0.39 is 0 Å². The minimum atomic E-state index is 0.512. The Hall–Kier alpha value is -1.75. The molecule has 0 fully saturated rings. The molecule has 0 atom stereocenters. The summed E-state index contributed by atoms with van der Waals surface area (Å²) in [5.41, 5.74) is 8.18. The molecule has 2 N–H and O–H groups in total. The predicted octanol–water partition coefficient (Wildman–Crippen LogP) is 1.82. The molecule has 0 unspecified atom stereocenters. The Morgan fingerprint density at radius 3 is 2.50 bits per heavy atom. The summed E-state index contributed by atoms with van der Waals surface area (Å²) in [6.45, 7) is 2.01. The van der Waals surface area contributed by atoms with Gasteiger partial charge in [0.1, 0.15) is 0 Å². The summed E-state index contributed by atoms with van der Waals surface area (Å²) in [6, 6.07) is 9.63. The van der Waals surface area contributed by atoms with Gasteiger partial charge in [0, 0.05) is 11.8 Å². The molecule has 1 aromatic carbocycles. The zero-order chi connectivity index (χ0) is 8.97. The maximum Gasteiger partial charge on any atom is 0.0933 e. The first-order valence-corrected chi connectivity index (χ1v) is 3.66. The number of aryl methyl sites for hydroxylation is 1. The van der Waals surface area contributed by atoms with E-state index >= 15 is 0 Å². The number of allylic oxidation sites excluding steroid dienone is 1. The van der Waals surface area contributed by atoms with Gasteiger partial charge in [-0.15, -0.1) is 0 Å². The largest absolute Gasteiger partial charge is 0.398 e. The summed E-state index contributed by atoms with van der Waals surface area (Å²) < 4.78 is 0. The van der Waals surface area contributed by atoms with Crippen LogP contribution in [-0.4, -0.2) is 0 Å². The Morgan fingerprint density at radius 2 is 2.00 bits per heavy atom. The van der Waals surface area contributed by atoms with E-state index in [1.807, 2.05) is 37.3 Å². The molecule has 0 bridgehead atoms. The molecule has 0 aromatic heterocycles. The van der Waals surface area contributed by atoms with E-state index in [4.69, 9.17) is 11.0 Å². The van der Waals surface area contributed by atoms with Gasteiger partial charge < -0.3 is 5.73 Å². The van der Waals surface area contributed by atoms with Gasteiger partial charge in [-0.25, -0.2) is 0 Å². The molecule has 0 aliphatic heterocycles. The number of hydrogen-bond acceptors (Lipinski definition) is 2. The lowest BCUT2D eigenvalue weighted by Crippen LogP contribution is -1.95. The van der Waals surface area contributed by atoms with Gasteiger partial charge in [-0.3, -0.25) is 0 Å². The van der Waals surface area contributed by atoms with Crippen LogP contribution in [0.25, 0.3) is 5.70 Å². The van der Waals surface area contributed by atoms with E-state index in [2.05, 4.69) is 0 Å². The van der Waals surface area contributed by atoms with Crippen molar-refractivity contribution >= 4 is 5.70 Å². The summed E-state index contributed by atoms with van der Waals surface area (Å²) in [7, 11) is 0. The molecule has 0 aliphatic carbocycles. The molecule has 2 nitrogen and oxygen atoms in total. The lowest BCUT2D eigenvalue weighted by Gasteiger charge is -1.99. The second kappa shape index (κ2) is 3.59. The molecule has 0 amide bonds. The van der Waals surface area contributed by atoms with Crippen LogP contribution in [0.2, 0.25) is 0 Å². The lowest BCUT2D eigenvalue weighted by molar-refractivity contribution is 1.43. The van der Waals surface area contributed by atoms with Crippen LogP contribution in [0.5, 0.6) is 0 Å². The number of benzene rings is 1. The monoisotopic (exact) mass is 158 g/mol. The average Bonchev–Trinajstić information content (AvgIpc) is 2.06. The highest BCUT2D eigenvalue weighted by Crippen LogP contribution is 2.09. The second-order valence-electron chi connectivity index (χ2n) is 2.59. The molecule has 0 heterocycles. The van der Waals surface area contributed by atoms with Gasteiger partial charge >= 0.3 is 0 Å². The second-order valence-corrected chi connectivity index (χ2v) is 2.59. The van der Waals surface area contributed by atoms with E-state index in [0.29, 0.717) is 5.70 Å². The van der Waals surface area contributed by atoms with Crippen molar-refractivity contribution in [1.29, 1.82) is 5.26 Å². The third kappa shape index (κ3) is 1.86. The van der Waals surface area contributed by atoms with Crippen molar-refractivity contribution in [2.75, 3.05) is 0 Å². The summed E-state index contributed by atoms with van der Waals surface area (Å²) in [5, 5.41) is 8.35. The van der Waals surface area contributed by atoms with E-state index in [0.717, 1.165) is 5.56 Å². The molecule has 0 aliphatic rings. The zero-order valence-electron chi connectivity index (χ0n) is 6.91. The summed E-state index contributed by atoms with van der Waals surface area (Å²) in [5.74, 6) is 0. The van der Waals surface area contributed by atoms with E-state index in [-0.39, 0.29) is 0 Å². The minimum absolute atomic E-state index is 0.512. The molecular formula is C10H10N2. The maximum absolute atomic E-state index is 8.35. The molecule has 1 rings (SSSR count).